The Morgan fingerprint density at radius 2 is 1.70 bits per heavy atom. The van der Waals surface area contributed by atoms with E-state index >= 15 is 0 Å². The smallest absolute Gasteiger partial charge is 0.125 e. The lowest BCUT2D eigenvalue weighted by molar-refractivity contribution is -0.00971. The van der Waals surface area contributed by atoms with Crippen LogP contribution in [-0.2, 0) is 4.74 Å². The molecule has 0 saturated heterocycles. The number of aliphatic hydroxyl groups excluding tert-OH is 2. The normalized spacial score (nSPS) is 33.3. The molecule has 3 fully saturated rings. The second-order valence-corrected chi connectivity index (χ2v) is 10.8. The van der Waals surface area contributed by atoms with Crippen molar-refractivity contribution in [2.24, 2.45) is 5.41 Å². The zero-order valence-corrected chi connectivity index (χ0v) is 21.0. The van der Waals surface area contributed by atoms with Crippen LogP contribution in [-0.4, -0.2) is 45.8 Å². The fraction of sp³-hybridized carbons (Fsp3) is 0.793. The minimum atomic E-state index is -0.818. The summed E-state index contributed by atoms with van der Waals surface area (Å²) in [6.07, 6.45) is 18.9. The molecule has 0 bridgehead atoms. The van der Waals surface area contributed by atoms with E-state index in [1.165, 1.54) is 44.1 Å². The molecular formula is C29H46O4. The average Bonchev–Trinajstić information content (AvgIpc) is 2.81. The van der Waals surface area contributed by atoms with E-state index in [9.17, 15) is 15.3 Å². The zero-order valence-electron chi connectivity index (χ0n) is 21.0. The van der Waals surface area contributed by atoms with Crippen molar-refractivity contribution in [1.29, 1.82) is 0 Å². The van der Waals surface area contributed by atoms with Gasteiger partial charge < -0.3 is 20.1 Å². The van der Waals surface area contributed by atoms with Crippen LogP contribution in [0.4, 0.5) is 0 Å². The van der Waals surface area contributed by atoms with Crippen molar-refractivity contribution >= 4 is 0 Å². The van der Waals surface area contributed by atoms with Crippen LogP contribution >= 0.6 is 0 Å². The first-order chi connectivity index (χ1) is 15.9. The first-order valence-corrected chi connectivity index (χ1v) is 13.4. The fourth-order valence-corrected chi connectivity index (χ4v) is 5.89. The molecule has 3 aliphatic rings. The molecule has 186 valence electrons. The van der Waals surface area contributed by atoms with Crippen LogP contribution in [0, 0.1) is 17.3 Å². The van der Waals surface area contributed by atoms with Crippen molar-refractivity contribution in [1.82, 2.24) is 0 Å². The third-order valence-corrected chi connectivity index (χ3v) is 8.19. The highest BCUT2D eigenvalue weighted by molar-refractivity contribution is 5.22. The Hall–Kier alpha value is -1.12. The lowest BCUT2D eigenvalue weighted by atomic mass is 9.63. The van der Waals surface area contributed by atoms with Crippen molar-refractivity contribution < 1.29 is 20.1 Å². The van der Waals surface area contributed by atoms with Gasteiger partial charge in [-0.1, -0.05) is 43.1 Å². The molecule has 3 aliphatic carbocycles. The summed E-state index contributed by atoms with van der Waals surface area (Å²) < 4.78 is 6.17. The third-order valence-electron chi connectivity index (χ3n) is 8.19. The first kappa shape index (κ1) is 26.5. The molecular weight excluding hydrogens is 412 g/mol. The summed E-state index contributed by atoms with van der Waals surface area (Å²) >= 11 is 0. The number of aliphatic hydroxyl groups is 3. The summed E-state index contributed by atoms with van der Waals surface area (Å²) in [5.41, 5.74) is 2.36. The number of ether oxygens (including phenoxy) is 1. The molecule has 0 unspecified atom stereocenters. The summed E-state index contributed by atoms with van der Waals surface area (Å²) in [5.74, 6) is 6.17. The van der Waals surface area contributed by atoms with Crippen LogP contribution in [0.2, 0.25) is 0 Å². The molecule has 3 saturated carbocycles. The van der Waals surface area contributed by atoms with Gasteiger partial charge in [-0.2, -0.15) is 0 Å². The minimum Gasteiger partial charge on any atom is -0.393 e. The molecule has 2 atom stereocenters. The number of allylic oxidation sites excluding steroid dienone is 3. The highest BCUT2D eigenvalue weighted by Crippen LogP contribution is 2.49. The summed E-state index contributed by atoms with van der Waals surface area (Å²) in [6, 6.07) is 0. The van der Waals surface area contributed by atoms with Gasteiger partial charge in [0.25, 0.3) is 0 Å². The van der Waals surface area contributed by atoms with Crippen LogP contribution in [0.25, 0.3) is 0 Å². The van der Waals surface area contributed by atoms with E-state index < -0.39 is 17.8 Å². The molecule has 3 N–H and O–H groups in total. The molecule has 4 heteroatoms. The molecule has 0 aromatic carbocycles. The minimum absolute atomic E-state index is 0.383. The molecule has 0 aromatic rings. The van der Waals surface area contributed by atoms with E-state index in [-0.39, 0.29) is 0 Å². The topological polar surface area (TPSA) is 69.9 Å². The SMILES string of the molecule is CCC(O)(C#CCCCOC1CCC2(CCC/C(=C\C=C3C[C@@H](O)C[C@@H](O)C3)C2)CC1)CC. The van der Waals surface area contributed by atoms with Gasteiger partial charge >= 0.3 is 0 Å². The maximum atomic E-state index is 10.2. The number of hydrogen-bond acceptors (Lipinski definition) is 4. The van der Waals surface area contributed by atoms with Gasteiger partial charge in [0.2, 0.25) is 0 Å². The van der Waals surface area contributed by atoms with E-state index in [2.05, 4.69) is 24.0 Å². The van der Waals surface area contributed by atoms with Gasteiger partial charge in [-0.15, -0.1) is 5.92 Å². The molecule has 0 heterocycles. The quantitative estimate of drug-likeness (QED) is 0.343. The Bertz CT molecular complexity index is 716. The Kier molecular flexibility index (Phi) is 10.1. The van der Waals surface area contributed by atoms with Crippen molar-refractivity contribution in [2.45, 2.75) is 134 Å². The Balaban J connectivity index is 1.40. The predicted octanol–water partition coefficient (Wildman–Crippen LogP) is 5.60. The first-order valence-electron chi connectivity index (χ1n) is 13.4. The van der Waals surface area contributed by atoms with Crippen molar-refractivity contribution in [3.8, 4) is 11.8 Å². The number of rotatable bonds is 7. The van der Waals surface area contributed by atoms with Crippen LogP contribution in [0.1, 0.15) is 110 Å². The molecule has 3 rings (SSSR count). The predicted molar refractivity (Wildman–Crippen MR) is 134 cm³/mol. The third kappa shape index (κ3) is 8.25. The van der Waals surface area contributed by atoms with Gasteiger partial charge in [0.1, 0.15) is 5.60 Å². The van der Waals surface area contributed by atoms with Crippen LogP contribution in [0.3, 0.4) is 0 Å². The van der Waals surface area contributed by atoms with E-state index in [1.54, 1.807) is 5.57 Å². The molecule has 0 aliphatic heterocycles. The van der Waals surface area contributed by atoms with Crippen LogP contribution in [0.15, 0.2) is 23.3 Å². The van der Waals surface area contributed by atoms with E-state index in [0.717, 1.165) is 32.3 Å². The maximum absolute atomic E-state index is 10.2. The van der Waals surface area contributed by atoms with Gasteiger partial charge in [0.15, 0.2) is 0 Å². The largest absolute Gasteiger partial charge is 0.393 e. The zero-order chi connectivity index (χ0) is 23.7. The molecule has 1 spiro atoms. The Labute approximate surface area is 201 Å². The highest BCUT2D eigenvalue weighted by atomic mass is 16.5. The fourth-order valence-electron chi connectivity index (χ4n) is 5.89. The molecule has 0 amide bonds. The maximum Gasteiger partial charge on any atom is 0.125 e. The van der Waals surface area contributed by atoms with Crippen molar-refractivity contribution in [2.75, 3.05) is 6.61 Å². The van der Waals surface area contributed by atoms with E-state index in [0.29, 0.717) is 43.6 Å². The van der Waals surface area contributed by atoms with Gasteiger partial charge in [0, 0.05) is 13.0 Å². The van der Waals surface area contributed by atoms with Crippen molar-refractivity contribution in [3.05, 3.63) is 23.3 Å². The highest BCUT2D eigenvalue weighted by Gasteiger charge is 2.37. The monoisotopic (exact) mass is 458 g/mol. The van der Waals surface area contributed by atoms with Gasteiger partial charge in [-0.05, 0) is 95.3 Å². The lowest BCUT2D eigenvalue weighted by Gasteiger charge is -2.43. The molecule has 33 heavy (non-hydrogen) atoms. The summed E-state index contributed by atoms with van der Waals surface area (Å²) in [6.45, 7) is 4.72. The molecule has 4 nitrogen and oxygen atoms in total. The van der Waals surface area contributed by atoms with Crippen LogP contribution < -0.4 is 0 Å². The summed E-state index contributed by atoms with van der Waals surface area (Å²) in [5, 5.41) is 30.1. The van der Waals surface area contributed by atoms with Crippen molar-refractivity contribution in [3.63, 3.8) is 0 Å². The molecule has 0 radical (unpaired) electrons. The number of hydrogen-bond donors (Lipinski definition) is 3. The van der Waals surface area contributed by atoms with Gasteiger partial charge in [-0.3, -0.25) is 0 Å². The standard InChI is InChI=1S/C29H46O4/c1-3-29(32,4-2)15-6-5-7-18-33-27-12-16-28(17-13-27)14-8-9-23(22-28)10-11-24-19-25(30)21-26(31)20-24/h10-11,25-27,30-32H,3-5,7-9,12-14,16-22H2,1-2H3/b23-10+,24-11?/t25-,26+,27?,28?. The second-order valence-electron chi connectivity index (χ2n) is 10.8. The Morgan fingerprint density at radius 1 is 1.03 bits per heavy atom. The van der Waals surface area contributed by atoms with Gasteiger partial charge in [0.05, 0.1) is 18.3 Å². The van der Waals surface area contributed by atoms with Crippen LogP contribution in [0.5, 0.6) is 0 Å². The lowest BCUT2D eigenvalue weighted by Crippen LogP contribution is -2.33. The average molecular weight is 459 g/mol. The Morgan fingerprint density at radius 3 is 2.36 bits per heavy atom. The number of unbranched alkanes of at least 4 members (excludes halogenated alkanes) is 1. The second kappa shape index (κ2) is 12.5. The summed E-state index contributed by atoms with van der Waals surface area (Å²) in [7, 11) is 0. The van der Waals surface area contributed by atoms with E-state index in [4.69, 9.17) is 4.74 Å². The van der Waals surface area contributed by atoms with Gasteiger partial charge in [-0.25, -0.2) is 0 Å². The van der Waals surface area contributed by atoms with E-state index in [1.807, 2.05) is 13.8 Å². The molecule has 0 aromatic heterocycles. The summed E-state index contributed by atoms with van der Waals surface area (Å²) in [4.78, 5) is 0.